The summed E-state index contributed by atoms with van der Waals surface area (Å²) in [6, 6.07) is 1.61. The van der Waals surface area contributed by atoms with Gasteiger partial charge in [-0.3, -0.25) is 4.79 Å². The molecule has 0 saturated heterocycles. The number of rotatable bonds is 5. The van der Waals surface area contributed by atoms with Gasteiger partial charge in [-0.2, -0.15) is 0 Å². The number of benzene rings is 1. The van der Waals surface area contributed by atoms with Crippen molar-refractivity contribution >= 4 is 11.9 Å². The zero-order valence-electron chi connectivity index (χ0n) is 10.6. The first-order valence-electron chi connectivity index (χ1n) is 5.94. The Morgan fingerprint density at radius 2 is 2.00 bits per heavy atom. The number of aliphatic carboxylic acids is 1. The number of nitrogens with zero attached hydrogens (tertiary/aromatic N) is 1. The van der Waals surface area contributed by atoms with Crippen LogP contribution in [0.4, 0.5) is 8.78 Å². The van der Waals surface area contributed by atoms with Crippen LogP contribution < -0.4 is 5.32 Å². The van der Waals surface area contributed by atoms with E-state index in [0.29, 0.717) is 5.69 Å². The largest absolute Gasteiger partial charge is 0.480 e. The molecule has 1 heterocycles. The van der Waals surface area contributed by atoms with E-state index in [1.54, 1.807) is 0 Å². The number of hydrogen-bond acceptors (Lipinski definition) is 3. The van der Waals surface area contributed by atoms with Crippen molar-refractivity contribution in [2.24, 2.45) is 0 Å². The second kappa shape index (κ2) is 6.12. The fourth-order valence-corrected chi connectivity index (χ4v) is 1.76. The maximum absolute atomic E-state index is 13.5. The normalized spacial score (nSPS) is 11.9. The molecule has 1 aromatic carbocycles. The van der Waals surface area contributed by atoms with Crippen molar-refractivity contribution in [3.8, 4) is 0 Å². The van der Waals surface area contributed by atoms with E-state index in [2.05, 4.69) is 15.3 Å². The first kappa shape index (κ1) is 14.6. The first-order valence-corrected chi connectivity index (χ1v) is 5.94. The number of nitrogens with one attached hydrogen (secondary N) is 2. The molecule has 1 amide bonds. The molecule has 0 bridgehead atoms. The molecule has 1 aromatic heterocycles. The molecule has 8 heteroatoms. The molecule has 0 saturated carbocycles. The lowest BCUT2D eigenvalue weighted by atomic mass is 10.1. The Balaban J connectivity index is 2.17. The molecule has 6 nitrogen and oxygen atoms in total. The van der Waals surface area contributed by atoms with Gasteiger partial charge in [0.25, 0.3) is 5.91 Å². The van der Waals surface area contributed by atoms with Crippen LogP contribution in [0.3, 0.4) is 0 Å². The van der Waals surface area contributed by atoms with Gasteiger partial charge in [-0.1, -0.05) is 6.07 Å². The van der Waals surface area contributed by atoms with E-state index in [1.165, 1.54) is 12.5 Å². The summed E-state index contributed by atoms with van der Waals surface area (Å²) in [6.07, 6.45) is 2.66. The van der Waals surface area contributed by atoms with Crippen LogP contribution in [0.25, 0.3) is 0 Å². The molecule has 1 atom stereocenters. The van der Waals surface area contributed by atoms with E-state index in [4.69, 9.17) is 5.11 Å². The third-order valence-electron chi connectivity index (χ3n) is 2.77. The minimum atomic E-state index is -1.34. The number of H-pyrrole nitrogens is 1. The third kappa shape index (κ3) is 3.41. The van der Waals surface area contributed by atoms with Crippen molar-refractivity contribution in [2.75, 3.05) is 0 Å². The number of halogens is 2. The van der Waals surface area contributed by atoms with Crippen molar-refractivity contribution in [2.45, 2.75) is 12.5 Å². The van der Waals surface area contributed by atoms with E-state index >= 15 is 0 Å². The van der Waals surface area contributed by atoms with E-state index in [0.717, 1.165) is 18.2 Å². The molecule has 0 aliphatic carbocycles. The van der Waals surface area contributed by atoms with Gasteiger partial charge in [0.15, 0.2) is 0 Å². The SMILES string of the molecule is O=C(N[C@H](Cc1cnc[nH]1)C(=O)O)c1c(F)cccc1F. The molecule has 0 aliphatic rings. The predicted molar refractivity (Wildman–Crippen MR) is 67.5 cm³/mol. The number of amides is 1. The fraction of sp³-hybridized carbons (Fsp3) is 0.154. The van der Waals surface area contributed by atoms with Crippen LogP contribution in [0.2, 0.25) is 0 Å². The molecule has 2 aromatic rings. The van der Waals surface area contributed by atoms with Gasteiger partial charge >= 0.3 is 5.97 Å². The van der Waals surface area contributed by atoms with Crippen molar-refractivity contribution < 1.29 is 23.5 Å². The number of carbonyl (C=O) groups excluding carboxylic acids is 1. The molecule has 0 unspecified atom stereocenters. The number of aromatic amines is 1. The minimum Gasteiger partial charge on any atom is -0.480 e. The van der Waals surface area contributed by atoms with Gasteiger partial charge in [-0.05, 0) is 12.1 Å². The summed E-state index contributed by atoms with van der Waals surface area (Å²) in [6.45, 7) is 0. The Hall–Kier alpha value is -2.77. The zero-order valence-corrected chi connectivity index (χ0v) is 10.6. The lowest BCUT2D eigenvalue weighted by Crippen LogP contribution is -2.43. The second-order valence-electron chi connectivity index (χ2n) is 4.24. The summed E-state index contributed by atoms with van der Waals surface area (Å²) in [7, 11) is 0. The maximum atomic E-state index is 13.5. The molecule has 2 rings (SSSR count). The van der Waals surface area contributed by atoms with Crippen molar-refractivity contribution in [1.29, 1.82) is 0 Å². The molecule has 21 heavy (non-hydrogen) atoms. The van der Waals surface area contributed by atoms with Crippen LogP contribution in [-0.4, -0.2) is 33.0 Å². The monoisotopic (exact) mass is 295 g/mol. The van der Waals surface area contributed by atoms with Crippen molar-refractivity contribution in [3.63, 3.8) is 0 Å². The number of aromatic nitrogens is 2. The lowest BCUT2D eigenvalue weighted by molar-refractivity contribution is -0.139. The zero-order chi connectivity index (χ0) is 15.4. The van der Waals surface area contributed by atoms with E-state index in [-0.39, 0.29) is 6.42 Å². The molecular formula is C13H11F2N3O3. The number of hydrogen-bond donors (Lipinski definition) is 3. The minimum absolute atomic E-state index is 0.0862. The highest BCUT2D eigenvalue weighted by Crippen LogP contribution is 2.12. The second-order valence-corrected chi connectivity index (χ2v) is 4.24. The van der Waals surface area contributed by atoms with Crippen LogP contribution in [0, 0.1) is 11.6 Å². The Morgan fingerprint density at radius 1 is 1.33 bits per heavy atom. The van der Waals surface area contributed by atoms with Crippen molar-refractivity contribution in [3.05, 3.63) is 53.6 Å². The standard InChI is InChI=1S/C13H11F2N3O3/c14-8-2-1-3-9(15)11(8)12(19)18-10(13(20)21)4-7-5-16-6-17-7/h1-3,5-6,10H,4H2,(H,16,17)(H,18,19)(H,20,21)/t10-/m1/s1. The summed E-state index contributed by atoms with van der Waals surface area (Å²) in [4.78, 5) is 29.4. The van der Waals surface area contributed by atoms with Crippen LogP contribution in [0.1, 0.15) is 16.1 Å². The average Bonchev–Trinajstić information content (AvgIpc) is 2.90. The Morgan fingerprint density at radius 3 is 2.52 bits per heavy atom. The van der Waals surface area contributed by atoms with E-state index in [1.807, 2.05) is 0 Å². The van der Waals surface area contributed by atoms with Crippen molar-refractivity contribution in [1.82, 2.24) is 15.3 Å². The number of carboxylic acid groups (broad SMARTS) is 1. The highest BCUT2D eigenvalue weighted by molar-refractivity contribution is 5.97. The van der Waals surface area contributed by atoms with E-state index in [9.17, 15) is 18.4 Å². The van der Waals surface area contributed by atoms with Gasteiger partial charge in [0.1, 0.15) is 23.2 Å². The van der Waals surface area contributed by atoms with Gasteiger partial charge in [-0.15, -0.1) is 0 Å². The molecule has 0 spiro atoms. The number of imidazole rings is 1. The van der Waals surface area contributed by atoms with Gasteiger partial charge in [0.2, 0.25) is 0 Å². The Kier molecular flexibility index (Phi) is 4.27. The smallest absolute Gasteiger partial charge is 0.326 e. The van der Waals surface area contributed by atoms with E-state index < -0.39 is 35.1 Å². The first-order chi connectivity index (χ1) is 9.99. The quantitative estimate of drug-likeness (QED) is 0.770. The topological polar surface area (TPSA) is 95.1 Å². The third-order valence-corrected chi connectivity index (χ3v) is 2.77. The van der Waals surface area contributed by atoms with Crippen LogP contribution in [0.15, 0.2) is 30.7 Å². The van der Waals surface area contributed by atoms with Crippen LogP contribution >= 0.6 is 0 Å². The highest BCUT2D eigenvalue weighted by Gasteiger charge is 2.25. The summed E-state index contributed by atoms with van der Waals surface area (Å²) >= 11 is 0. The lowest BCUT2D eigenvalue weighted by Gasteiger charge is -2.14. The molecule has 0 fully saturated rings. The van der Waals surface area contributed by atoms with Gasteiger partial charge < -0.3 is 15.4 Å². The van der Waals surface area contributed by atoms with Gasteiger partial charge in [-0.25, -0.2) is 18.6 Å². The van der Waals surface area contributed by atoms with Crippen LogP contribution in [-0.2, 0) is 11.2 Å². The maximum Gasteiger partial charge on any atom is 0.326 e. The molecule has 0 aliphatic heterocycles. The molecule has 110 valence electrons. The Labute approximate surface area is 117 Å². The molecule has 0 radical (unpaired) electrons. The molecule has 3 N–H and O–H groups in total. The predicted octanol–water partition coefficient (Wildman–Crippen LogP) is 1.11. The fourth-order valence-electron chi connectivity index (χ4n) is 1.76. The van der Waals surface area contributed by atoms with Crippen LogP contribution in [0.5, 0.6) is 0 Å². The number of carbonyl (C=O) groups is 2. The number of carboxylic acids is 1. The van der Waals surface area contributed by atoms with Gasteiger partial charge in [0.05, 0.1) is 6.33 Å². The summed E-state index contributed by atoms with van der Waals surface area (Å²) in [5, 5.41) is 11.2. The summed E-state index contributed by atoms with van der Waals surface area (Å²) in [5.41, 5.74) is -0.343. The molecular weight excluding hydrogens is 284 g/mol. The summed E-state index contributed by atoms with van der Waals surface area (Å²) < 4.78 is 26.9. The Bertz CT molecular complexity index is 638. The average molecular weight is 295 g/mol. The van der Waals surface area contributed by atoms with Gasteiger partial charge in [0, 0.05) is 18.3 Å². The highest BCUT2D eigenvalue weighted by atomic mass is 19.1. The summed E-state index contributed by atoms with van der Waals surface area (Å²) in [5.74, 6) is -4.57.